The van der Waals surface area contributed by atoms with Crippen molar-refractivity contribution in [2.75, 3.05) is 7.05 Å². The minimum atomic E-state index is 0.0795. The van der Waals surface area contributed by atoms with Gasteiger partial charge in [-0.15, -0.1) is 0 Å². The van der Waals surface area contributed by atoms with Crippen LogP contribution in [0.2, 0.25) is 0 Å². The predicted octanol–water partition coefficient (Wildman–Crippen LogP) is 5.59. The summed E-state index contributed by atoms with van der Waals surface area (Å²) in [7, 11) is 2.30. The topological polar surface area (TPSA) is 3.24 Å². The van der Waals surface area contributed by atoms with Crippen LogP contribution in [0.15, 0.2) is 84.9 Å². The summed E-state index contributed by atoms with van der Waals surface area (Å²) < 4.78 is 0. The van der Waals surface area contributed by atoms with E-state index in [4.69, 9.17) is 0 Å². The highest BCUT2D eigenvalue weighted by atomic mass is 15.2. The second-order valence-corrected chi connectivity index (χ2v) is 7.51. The fourth-order valence-corrected chi connectivity index (χ4v) is 4.50. The first-order chi connectivity index (χ1) is 12.8. The minimum Gasteiger partial charge on any atom is -0.292 e. The molecule has 3 aromatic rings. The van der Waals surface area contributed by atoms with Crippen molar-refractivity contribution in [2.24, 2.45) is 0 Å². The van der Waals surface area contributed by atoms with E-state index in [1.165, 1.54) is 22.3 Å². The molecule has 0 fully saturated rings. The highest BCUT2D eigenvalue weighted by molar-refractivity contribution is 5.33. The molecule has 0 amide bonds. The molecule has 0 radical (unpaired) electrons. The average Bonchev–Trinajstić information content (AvgIpc) is 2.90. The van der Waals surface area contributed by atoms with Gasteiger partial charge < -0.3 is 0 Å². The fourth-order valence-electron chi connectivity index (χ4n) is 4.50. The van der Waals surface area contributed by atoms with Crippen molar-refractivity contribution in [3.8, 4) is 0 Å². The van der Waals surface area contributed by atoms with Crippen molar-refractivity contribution in [1.29, 1.82) is 0 Å². The van der Waals surface area contributed by atoms with Crippen LogP contribution in [0.4, 0.5) is 0 Å². The molecule has 26 heavy (non-hydrogen) atoms. The summed E-state index contributed by atoms with van der Waals surface area (Å²) >= 11 is 0. The van der Waals surface area contributed by atoms with E-state index in [0.29, 0.717) is 0 Å². The van der Waals surface area contributed by atoms with E-state index >= 15 is 0 Å². The molecule has 0 unspecified atom stereocenters. The summed E-state index contributed by atoms with van der Waals surface area (Å²) in [6.07, 6.45) is 4.61. The lowest BCUT2D eigenvalue weighted by atomic mass is 9.80. The van der Waals surface area contributed by atoms with Crippen LogP contribution in [-0.2, 0) is 24.9 Å². The third kappa shape index (κ3) is 3.32. The third-order valence-corrected chi connectivity index (χ3v) is 6.04. The molecule has 4 rings (SSSR count). The van der Waals surface area contributed by atoms with Crippen molar-refractivity contribution in [3.63, 3.8) is 0 Å². The first-order valence-electron chi connectivity index (χ1n) is 9.65. The molecule has 0 saturated carbocycles. The van der Waals surface area contributed by atoms with Gasteiger partial charge in [0.05, 0.1) is 0 Å². The molecule has 0 heterocycles. The van der Waals surface area contributed by atoms with E-state index in [1.807, 2.05) is 0 Å². The van der Waals surface area contributed by atoms with Gasteiger partial charge in [0, 0.05) is 12.1 Å². The van der Waals surface area contributed by atoms with Gasteiger partial charge in [0.25, 0.3) is 0 Å². The number of fused-ring (bicyclic) bond motifs is 1. The second-order valence-electron chi connectivity index (χ2n) is 7.51. The Kier molecular flexibility index (Phi) is 4.90. The van der Waals surface area contributed by atoms with Crippen LogP contribution in [0.1, 0.15) is 35.1 Å². The molecule has 0 atom stereocenters. The van der Waals surface area contributed by atoms with E-state index in [2.05, 4.69) is 96.9 Å². The molecule has 1 heteroatoms. The summed E-state index contributed by atoms with van der Waals surface area (Å²) in [6.45, 7) is 0.978. The molecule has 0 aliphatic heterocycles. The van der Waals surface area contributed by atoms with Gasteiger partial charge in [-0.3, -0.25) is 4.90 Å². The first kappa shape index (κ1) is 17.1. The van der Waals surface area contributed by atoms with Gasteiger partial charge in [-0.25, -0.2) is 0 Å². The highest BCUT2D eigenvalue weighted by Gasteiger charge is 2.37. The van der Waals surface area contributed by atoms with Gasteiger partial charge in [-0.05, 0) is 55.0 Å². The maximum Gasteiger partial charge on any atom is 0.0467 e. The zero-order valence-electron chi connectivity index (χ0n) is 15.6. The fraction of sp³-hybridized carbons (Fsp3) is 0.280. The van der Waals surface area contributed by atoms with Crippen molar-refractivity contribution in [2.45, 2.75) is 37.8 Å². The van der Waals surface area contributed by atoms with Crippen LogP contribution < -0.4 is 0 Å². The van der Waals surface area contributed by atoms with Crippen LogP contribution in [0.25, 0.3) is 0 Å². The maximum atomic E-state index is 2.59. The number of hydrogen-bond acceptors (Lipinski definition) is 1. The molecule has 0 aromatic heterocycles. The van der Waals surface area contributed by atoms with E-state index < -0.39 is 0 Å². The molecule has 1 aliphatic carbocycles. The normalized spacial score (nSPS) is 16.1. The van der Waals surface area contributed by atoms with E-state index in [-0.39, 0.29) is 5.54 Å². The Balaban J connectivity index is 1.69. The van der Waals surface area contributed by atoms with Crippen LogP contribution in [0.5, 0.6) is 0 Å². The Morgan fingerprint density at radius 1 is 0.692 bits per heavy atom. The quantitative estimate of drug-likeness (QED) is 0.559. The third-order valence-electron chi connectivity index (χ3n) is 6.04. The average molecular weight is 341 g/mol. The van der Waals surface area contributed by atoms with Crippen LogP contribution in [-0.4, -0.2) is 11.9 Å². The zero-order valence-corrected chi connectivity index (χ0v) is 15.6. The lowest BCUT2D eigenvalue weighted by Gasteiger charge is -2.42. The number of benzene rings is 3. The van der Waals surface area contributed by atoms with Crippen molar-refractivity contribution < 1.29 is 0 Å². The van der Waals surface area contributed by atoms with E-state index in [0.717, 1.165) is 32.2 Å². The van der Waals surface area contributed by atoms with Gasteiger partial charge >= 0.3 is 0 Å². The Morgan fingerprint density at radius 2 is 1.19 bits per heavy atom. The van der Waals surface area contributed by atoms with E-state index in [9.17, 15) is 0 Å². The molecular weight excluding hydrogens is 314 g/mol. The standard InChI is InChI=1S/C25H27N/c1-26(20-21-10-4-2-5-11-21)25(24-14-6-3-7-15-24)18-16-22-12-8-9-13-23(22)17-19-25/h2-15H,16-20H2,1H3. The summed E-state index contributed by atoms with van der Waals surface area (Å²) in [4.78, 5) is 2.59. The number of nitrogens with zero attached hydrogens (tertiary/aromatic N) is 1. The number of rotatable bonds is 4. The second kappa shape index (κ2) is 7.47. The lowest BCUT2D eigenvalue weighted by Crippen LogP contribution is -2.43. The molecule has 3 aromatic carbocycles. The van der Waals surface area contributed by atoms with Crippen molar-refractivity contribution >= 4 is 0 Å². The van der Waals surface area contributed by atoms with Gasteiger partial charge in [0.15, 0.2) is 0 Å². The smallest absolute Gasteiger partial charge is 0.0467 e. The molecule has 0 saturated heterocycles. The Labute approximate surface area is 157 Å². The molecular formula is C25H27N. The summed E-state index contributed by atoms with van der Waals surface area (Å²) in [5.74, 6) is 0. The molecule has 0 spiro atoms. The summed E-state index contributed by atoms with van der Waals surface area (Å²) in [5, 5.41) is 0. The highest BCUT2D eigenvalue weighted by Crippen LogP contribution is 2.40. The number of aryl methyl sites for hydroxylation is 2. The monoisotopic (exact) mass is 341 g/mol. The molecule has 132 valence electrons. The van der Waals surface area contributed by atoms with Gasteiger partial charge in [0.1, 0.15) is 0 Å². The summed E-state index contributed by atoms with van der Waals surface area (Å²) in [5.41, 5.74) is 5.96. The van der Waals surface area contributed by atoms with Crippen LogP contribution >= 0.6 is 0 Å². The Morgan fingerprint density at radius 3 is 1.77 bits per heavy atom. The lowest BCUT2D eigenvalue weighted by molar-refractivity contribution is 0.0907. The molecule has 1 nitrogen and oxygen atoms in total. The summed E-state index contributed by atoms with van der Waals surface area (Å²) in [6, 6.07) is 31.0. The Bertz CT molecular complexity index is 811. The number of hydrogen-bond donors (Lipinski definition) is 0. The molecule has 0 bridgehead atoms. The van der Waals surface area contributed by atoms with Crippen molar-refractivity contribution in [1.82, 2.24) is 4.90 Å². The van der Waals surface area contributed by atoms with Crippen LogP contribution in [0, 0.1) is 0 Å². The van der Waals surface area contributed by atoms with Gasteiger partial charge in [-0.1, -0.05) is 84.9 Å². The van der Waals surface area contributed by atoms with Crippen LogP contribution in [0.3, 0.4) is 0 Å². The van der Waals surface area contributed by atoms with Gasteiger partial charge in [0.2, 0.25) is 0 Å². The molecule has 0 N–H and O–H groups in total. The predicted molar refractivity (Wildman–Crippen MR) is 109 cm³/mol. The Hall–Kier alpha value is -2.38. The SMILES string of the molecule is CN(Cc1ccccc1)C1(c2ccccc2)CCc2ccccc2CC1. The van der Waals surface area contributed by atoms with Crippen molar-refractivity contribution in [3.05, 3.63) is 107 Å². The van der Waals surface area contributed by atoms with E-state index in [1.54, 1.807) is 0 Å². The molecule has 1 aliphatic rings. The largest absolute Gasteiger partial charge is 0.292 e. The first-order valence-corrected chi connectivity index (χ1v) is 9.65. The van der Waals surface area contributed by atoms with Gasteiger partial charge in [-0.2, -0.15) is 0 Å². The minimum absolute atomic E-state index is 0.0795. The maximum absolute atomic E-state index is 2.59. The zero-order chi connectivity index (χ0) is 17.8.